The molecule has 0 N–H and O–H groups in total. The highest BCUT2D eigenvalue weighted by molar-refractivity contribution is 8.18. The first-order chi connectivity index (χ1) is 15.4. The summed E-state index contributed by atoms with van der Waals surface area (Å²) in [6, 6.07) is 12.6. The number of rotatable bonds is 10. The standard InChI is InChI=1S/C24H27NO6S/c1-16(2)15-31-20-10-9-17(13-21(20)29-4)14-22-23(26)25(24(27)32-22)11-12-30-19-8-6-5-7-18(19)28-3/h5-10,13-14,16H,11-12,15H2,1-4H3/b22-14-. The van der Waals surface area contributed by atoms with Crippen molar-refractivity contribution in [3.63, 3.8) is 0 Å². The lowest BCUT2D eigenvalue weighted by atomic mass is 10.1. The largest absolute Gasteiger partial charge is 0.493 e. The zero-order valence-electron chi connectivity index (χ0n) is 18.6. The molecule has 1 aliphatic rings. The molecule has 2 aromatic rings. The Hall–Kier alpha value is -3.13. The van der Waals surface area contributed by atoms with Crippen LogP contribution in [0.2, 0.25) is 0 Å². The number of thioether (sulfide) groups is 1. The molecule has 8 heteroatoms. The van der Waals surface area contributed by atoms with E-state index in [9.17, 15) is 9.59 Å². The number of hydrogen-bond donors (Lipinski definition) is 0. The summed E-state index contributed by atoms with van der Waals surface area (Å²) >= 11 is 0.909. The van der Waals surface area contributed by atoms with Gasteiger partial charge in [0.2, 0.25) is 0 Å². The average molecular weight is 458 g/mol. The minimum Gasteiger partial charge on any atom is -0.493 e. The molecule has 170 valence electrons. The molecule has 7 nitrogen and oxygen atoms in total. The predicted octanol–water partition coefficient (Wildman–Crippen LogP) is 4.85. The molecule has 0 saturated carbocycles. The molecule has 1 saturated heterocycles. The summed E-state index contributed by atoms with van der Waals surface area (Å²) in [6.07, 6.45) is 1.68. The van der Waals surface area contributed by atoms with E-state index in [1.54, 1.807) is 44.6 Å². The Morgan fingerprint density at radius 3 is 2.31 bits per heavy atom. The van der Waals surface area contributed by atoms with Crippen LogP contribution >= 0.6 is 11.8 Å². The van der Waals surface area contributed by atoms with Crippen molar-refractivity contribution in [2.24, 2.45) is 5.92 Å². The Kier molecular flexibility index (Phi) is 8.05. The Labute approximate surface area is 192 Å². The van der Waals surface area contributed by atoms with E-state index < -0.39 is 0 Å². The summed E-state index contributed by atoms with van der Waals surface area (Å²) < 4.78 is 22.1. The summed E-state index contributed by atoms with van der Waals surface area (Å²) in [4.78, 5) is 26.7. The number of carbonyl (C=O) groups excluding carboxylic acids is 2. The lowest BCUT2D eigenvalue weighted by Gasteiger charge is -2.14. The van der Waals surface area contributed by atoms with Crippen LogP contribution in [0.15, 0.2) is 47.4 Å². The Morgan fingerprint density at radius 2 is 1.62 bits per heavy atom. The molecule has 2 amide bonds. The summed E-state index contributed by atoms with van der Waals surface area (Å²) in [5.41, 5.74) is 0.745. The van der Waals surface area contributed by atoms with Crippen LogP contribution in [0.5, 0.6) is 23.0 Å². The number of amides is 2. The number of carbonyl (C=O) groups is 2. The fourth-order valence-electron chi connectivity index (χ4n) is 2.98. The lowest BCUT2D eigenvalue weighted by Crippen LogP contribution is -2.32. The van der Waals surface area contributed by atoms with E-state index in [0.29, 0.717) is 40.4 Å². The van der Waals surface area contributed by atoms with Gasteiger partial charge in [-0.05, 0) is 53.6 Å². The number of methoxy groups -OCH3 is 2. The predicted molar refractivity (Wildman–Crippen MR) is 124 cm³/mol. The first-order valence-electron chi connectivity index (χ1n) is 10.2. The van der Waals surface area contributed by atoms with Gasteiger partial charge in [-0.1, -0.05) is 32.0 Å². The smallest absolute Gasteiger partial charge is 0.293 e. The van der Waals surface area contributed by atoms with Gasteiger partial charge in [0, 0.05) is 0 Å². The van der Waals surface area contributed by atoms with Crippen molar-refractivity contribution in [2.75, 3.05) is 34.0 Å². The van der Waals surface area contributed by atoms with Crippen LogP contribution in [0.3, 0.4) is 0 Å². The second kappa shape index (κ2) is 10.9. The van der Waals surface area contributed by atoms with Gasteiger partial charge < -0.3 is 18.9 Å². The number of imide groups is 1. The van der Waals surface area contributed by atoms with E-state index in [-0.39, 0.29) is 24.3 Å². The van der Waals surface area contributed by atoms with Gasteiger partial charge in [-0.3, -0.25) is 14.5 Å². The van der Waals surface area contributed by atoms with Crippen molar-refractivity contribution in [3.8, 4) is 23.0 Å². The summed E-state index contributed by atoms with van der Waals surface area (Å²) in [5, 5.41) is -0.325. The molecule has 0 unspecified atom stereocenters. The molecule has 0 aromatic heterocycles. The molecule has 0 spiro atoms. The number of para-hydroxylation sites is 2. The minimum atomic E-state index is -0.345. The van der Waals surface area contributed by atoms with Crippen LogP contribution in [-0.2, 0) is 4.79 Å². The van der Waals surface area contributed by atoms with Crippen LogP contribution in [0.25, 0.3) is 6.08 Å². The number of nitrogens with zero attached hydrogens (tertiary/aromatic N) is 1. The fraction of sp³-hybridized carbons (Fsp3) is 0.333. The van der Waals surface area contributed by atoms with Gasteiger partial charge in [-0.2, -0.15) is 0 Å². The van der Waals surface area contributed by atoms with Gasteiger partial charge in [-0.25, -0.2) is 0 Å². The van der Waals surface area contributed by atoms with Crippen LogP contribution in [-0.4, -0.2) is 50.0 Å². The number of benzene rings is 2. The molecular weight excluding hydrogens is 430 g/mol. The van der Waals surface area contributed by atoms with Crippen molar-refractivity contribution >= 4 is 29.0 Å². The third-order valence-electron chi connectivity index (χ3n) is 4.57. The molecular formula is C24H27NO6S. The maximum Gasteiger partial charge on any atom is 0.293 e. The molecule has 0 bridgehead atoms. The van der Waals surface area contributed by atoms with Crippen LogP contribution in [0.1, 0.15) is 19.4 Å². The first-order valence-corrected chi connectivity index (χ1v) is 11.1. The molecule has 0 atom stereocenters. The lowest BCUT2D eigenvalue weighted by molar-refractivity contribution is -0.123. The Balaban J connectivity index is 1.65. The van der Waals surface area contributed by atoms with Crippen molar-refractivity contribution in [3.05, 3.63) is 52.9 Å². The van der Waals surface area contributed by atoms with Gasteiger partial charge in [0.15, 0.2) is 23.0 Å². The van der Waals surface area contributed by atoms with E-state index in [2.05, 4.69) is 13.8 Å². The molecule has 32 heavy (non-hydrogen) atoms. The molecule has 1 aliphatic heterocycles. The van der Waals surface area contributed by atoms with Gasteiger partial charge >= 0.3 is 0 Å². The summed E-state index contributed by atoms with van der Waals surface area (Å²) in [5.74, 6) is 2.41. The molecule has 2 aromatic carbocycles. The molecule has 3 rings (SSSR count). The highest BCUT2D eigenvalue weighted by Crippen LogP contribution is 2.35. The van der Waals surface area contributed by atoms with Gasteiger partial charge in [0.25, 0.3) is 11.1 Å². The maximum atomic E-state index is 12.8. The van der Waals surface area contributed by atoms with Crippen LogP contribution in [0, 0.1) is 5.92 Å². The first kappa shape index (κ1) is 23.5. The third-order valence-corrected chi connectivity index (χ3v) is 5.48. The molecule has 0 aliphatic carbocycles. The van der Waals surface area contributed by atoms with Gasteiger partial charge in [0.1, 0.15) is 6.61 Å². The topological polar surface area (TPSA) is 74.3 Å². The Bertz CT molecular complexity index is 1000. The van der Waals surface area contributed by atoms with E-state index >= 15 is 0 Å². The molecule has 1 heterocycles. The van der Waals surface area contributed by atoms with E-state index in [1.807, 2.05) is 18.2 Å². The minimum absolute atomic E-state index is 0.144. The highest BCUT2D eigenvalue weighted by Gasteiger charge is 2.34. The summed E-state index contributed by atoms with van der Waals surface area (Å²) in [6.45, 7) is 5.02. The number of ether oxygens (including phenoxy) is 4. The van der Waals surface area contributed by atoms with Crippen molar-refractivity contribution in [1.82, 2.24) is 4.90 Å². The highest BCUT2D eigenvalue weighted by atomic mass is 32.2. The van der Waals surface area contributed by atoms with Gasteiger partial charge in [0.05, 0.1) is 32.3 Å². The van der Waals surface area contributed by atoms with Gasteiger partial charge in [-0.15, -0.1) is 0 Å². The molecule has 1 fully saturated rings. The number of hydrogen-bond acceptors (Lipinski definition) is 7. The van der Waals surface area contributed by atoms with Crippen molar-refractivity contribution < 1.29 is 28.5 Å². The fourth-order valence-corrected chi connectivity index (χ4v) is 3.84. The van der Waals surface area contributed by atoms with E-state index in [4.69, 9.17) is 18.9 Å². The second-order valence-corrected chi connectivity index (χ2v) is 8.44. The quantitative estimate of drug-likeness (QED) is 0.472. The molecule has 0 radical (unpaired) electrons. The van der Waals surface area contributed by atoms with E-state index in [1.165, 1.54) is 4.90 Å². The van der Waals surface area contributed by atoms with Crippen LogP contribution in [0.4, 0.5) is 4.79 Å². The monoisotopic (exact) mass is 457 g/mol. The SMILES string of the molecule is COc1ccccc1OCCN1C(=O)S/C(=C\c2ccc(OCC(C)C)c(OC)c2)C1=O. The Morgan fingerprint density at radius 1 is 0.938 bits per heavy atom. The normalized spacial score (nSPS) is 14.9. The average Bonchev–Trinajstić information content (AvgIpc) is 3.05. The van der Waals surface area contributed by atoms with E-state index in [0.717, 1.165) is 17.3 Å². The second-order valence-electron chi connectivity index (χ2n) is 7.45. The van der Waals surface area contributed by atoms with Crippen LogP contribution < -0.4 is 18.9 Å². The summed E-state index contributed by atoms with van der Waals surface area (Å²) in [7, 11) is 3.12. The maximum absolute atomic E-state index is 12.8. The van der Waals surface area contributed by atoms with Crippen molar-refractivity contribution in [2.45, 2.75) is 13.8 Å². The zero-order valence-corrected chi connectivity index (χ0v) is 19.4. The van der Waals surface area contributed by atoms with Crippen molar-refractivity contribution in [1.29, 1.82) is 0 Å². The third kappa shape index (κ3) is 5.76. The zero-order chi connectivity index (χ0) is 23.1.